The Kier molecular flexibility index (Phi) is 22.9. The van der Waals surface area contributed by atoms with Gasteiger partial charge in [0.15, 0.2) is 0 Å². The molecular formula is C38H69N5O8S. The van der Waals surface area contributed by atoms with E-state index in [2.05, 4.69) is 55.8 Å². The summed E-state index contributed by atoms with van der Waals surface area (Å²) >= 11 is 1.78. The maximum atomic E-state index is 13.7. The van der Waals surface area contributed by atoms with Crippen LogP contribution in [0.4, 0.5) is 0 Å². The maximum Gasteiger partial charge on any atom is 0.322 e. The second-order valence-electron chi connectivity index (χ2n) is 14.8. The quantitative estimate of drug-likeness (QED) is 0.211. The minimum atomic E-state index is -1.15. The predicted octanol–water partition coefficient (Wildman–Crippen LogP) is 4.28. The number of likely N-dealkylation sites (N-methyl/N-ethyl adjacent to an activating group) is 2. The lowest BCUT2D eigenvalue weighted by Crippen LogP contribution is -2.56. The highest BCUT2D eigenvalue weighted by molar-refractivity contribution is 7.09. The van der Waals surface area contributed by atoms with E-state index in [0.29, 0.717) is 13.0 Å². The number of carboxylic acids is 1. The molecule has 6 atom stereocenters. The molecule has 1 aromatic rings. The van der Waals surface area contributed by atoms with E-state index in [1.54, 1.807) is 68.0 Å². The number of methoxy groups -OCH3 is 2. The van der Waals surface area contributed by atoms with Crippen LogP contribution in [-0.2, 0) is 33.4 Å². The molecule has 14 heteroatoms. The zero-order valence-electron chi connectivity index (χ0n) is 34.3. The van der Waals surface area contributed by atoms with E-state index in [1.807, 2.05) is 13.8 Å². The van der Waals surface area contributed by atoms with Crippen molar-refractivity contribution in [3.05, 3.63) is 22.4 Å². The minimum Gasteiger partial charge on any atom is -0.480 e. The molecule has 13 nitrogen and oxygen atoms in total. The first-order chi connectivity index (χ1) is 24.2. The number of hydrogen-bond acceptors (Lipinski definition) is 9. The van der Waals surface area contributed by atoms with Crippen LogP contribution in [0.1, 0.15) is 86.0 Å². The largest absolute Gasteiger partial charge is 0.480 e. The second-order valence-corrected chi connectivity index (χ2v) is 16.0. The molecule has 52 heavy (non-hydrogen) atoms. The zero-order chi connectivity index (χ0) is 40.3. The fourth-order valence-corrected chi connectivity index (χ4v) is 6.24. The smallest absolute Gasteiger partial charge is 0.322 e. The van der Waals surface area contributed by atoms with E-state index in [4.69, 9.17) is 14.6 Å². The normalized spacial score (nSPS) is 17.1. The van der Waals surface area contributed by atoms with Gasteiger partial charge in [0.1, 0.15) is 6.54 Å². The van der Waals surface area contributed by atoms with Crippen LogP contribution >= 0.6 is 11.3 Å². The third-order valence-electron chi connectivity index (χ3n) is 9.46. The van der Waals surface area contributed by atoms with Crippen molar-refractivity contribution in [2.75, 3.05) is 55.0 Å². The van der Waals surface area contributed by atoms with Crippen LogP contribution in [0.2, 0.25) is 0 Å². The van der Waals surface area contributed by atoms with Crippen molar-refractivity contribution >= 4 is 40.9 Å². The minimum absolute atomic E-state index is 0.00957. The number of likely N-dealkylation sites (tertiary alicyclic amines) is 1. The van der Waals surface area contributed by atoms with E-state index in [-0.39, 0.29) is 42.6 Å². The van der Waals surface area contributed by atoms with E-state index < -0.39 is 48.1 Å². The van der Waals surface area contributed by atoms with Crippen molar-refractivity contribution in [3.63, 3.8) is 0 Å². The van der Waals surface area contributed by atoms with Gasteiger partial charge >= 0.3 is 5.97 Å². The molecule has 0 bridgehead atoms. The van der Waals surface area contributed by atoms with Crippen LogP contribution in [0.5, 0.6) is 0 Å². The van der Waals surface area contributed by atoms with Crippen molar-refractivity contribution in [3.8, 4) is 0 Å². The van der Waals surface area contributed by atoms with Crippen LogP contribution in [0.3, 0.4) is 0 Å². The molecule has 0 aliphatic carbocycles. The molecule has 0 radical (unpaired) electrons. The number of hydrogen-bond donors (Lipinski definition) is 3. The van der Waals surface area contributed by atoms with Crippen LogP contribution in [-0.4, -0.2) is 134 Å². The lowest BCUT2D eigenvalue weighted by molar-refractivity contribution is -0.146. The SMILES string of the molecule is CC(C)C.CCC(C)C(C(CC(=O)N1CCCC1C(OC)C(C)C(=O)NCC(=O)O)OC)N(C)C(=O)CNC(=O)C(C)(C)N(C)C.Cc1cccs1. The van der Waals surface area contributed by atoms with Crippen molar-refractivity contribution in [2.45, 2.75) is 118 Å². The Morgan fingerprint density at radius 1 is 1.02 bits per heavy atom. The maximum absolute atomic E-state index is 13.7. The Labute approximate surface area is 317 Å². The molecule has 1 aromatic heterocycles. The monoisotopic (exact) mass is 755 g/mol. The predicted molar refractivity (Wildman–Crippen MR) is 207 cm³/mol. The van der Waals surface area contributed by atoms with Crippen molar-refractivity contribution in [1.29, 1.82) is 0 Å². The molecule has 0 aromatic carbocycles. The molecule has 6 unspecified atom stereocenters. The van der Waals surface area contributed by atoms with Gasteiger partial charge in [-0.15, -0.1) is 11.3 Å². The van der Waals surface area contributed by atoms with Gasteiger partial charge in [0.05, 0.1) is 48.7 Å². The van der Waals surface area contributed by atoms with Crippen LogP contribution in [0.15, 0.2) is 17.5 Å². The summed E-state index contributed by atoms with van der Waals surface area (Å²) in [7, 11) is 8.24. The van der Waals surface area contributed by atoms with Gasteiger partial charge in [-0.1, -0.05) is 54.0 Å². The molecule has 300 valence electrons. The number of carboxylic acid groups (broad SMARTS) is 1. The molecule has 1 aliphatic rings. The molecule has 1 fully saturated rings. The van der Waals surface area contributed by atoms with Crippen LogP contribution in [0, 0.1) is 24.7 Å². The van der Waals surface area contributed by atoms with Gasteiger partial charge in [-0.25, -0.2) is 0 Å². The zero-order valence-corrected chi connectivity index (χ0v) is 35.1. The number of carbonyl (C=O) groups is 5. The number of amides is 4. The second kappa shape index (κ2) is 24.3. The van der Waals surface area contributed by atoms with Gasteiger partial charge < -0.3 is 35.0 Å². The fraction of sp³-hybridized carbons (Fsp3) is 0.763. The first-order valence-electron chi connectivity index (χ1n) is 18.2. The number of aliphatic carboxylic acids is 1. The van der Waals surface area contributed by atoms with Gasteiger partial charge in [0.25, 0.3) is 0 Å². The number of nitrogens with one attached hydrogen (secondary N) is 2. The molecule has 1 saturated heterocycles. The Bertz CT molecular complexity index is 1220. The molecule has 2 rings (SSSR count). The molecule has 0 saturated carbocycles. The summed E-state index contributed by atoms with van der Waals surface area (Å²) in [5.74, 6) is -2.22. The molecule has 1 aliphatic heterocycles. The third-order valence-corrected chi connectivity index (χ3v) is 10.3. The summed E-state index contributed by atoms with van der Waals surface area (Å²) in [6, 6.07) is 3.35. The molecule has 3 N–H and O–H groups in total. The van der Waals surface area contributed by atoms with Gasteiger partial charge in [0.2, 0.25) is 23.6 Å². The number of ether oxygens (including phenoxy) is 2. The Hall–Kier alpha value is -3.07. The first kappa shape index (κ1) is 48.9. The lowest BCUT2D eigenvalue weighted by Gasteiger charge is -2.39. The Morgan fingerprint density at radius 3 is 2.04 bits per heavy atom. The van der Waals surface area contributed by atoms with Crippen LogP contribution in [0.25, 0.3) is 0 Å². The number of rotatable bonds is 17. The highest BCUT2D eigenvalue weighted by Crippen LogP contribution is 2.29. The van der Waals surface area contributed by atoms with Gasteiger partial charge in [0, 0.05) is 32.7 Å². The number of aryl methyl sites for hydroxylation is 1. The van der Waals surface area contributed by atoms with Gasteiger partial charge in [-0.3, -0.25) is 28.9 Å². The van der Waals surface area contributed by atoms with Gasteiger partial charge in [-0.2, -0.15) is 0 Å². The van der Waals surface area contributed by atoms with Crippen molar-refractivity contribution in [1.82, 2.24) is 25.3 Å². The summed E-state index contributed by atoms with van der Waals surface area (Å²) in [5.41, 5.74) is -0.794. The highest BCUT2D eigenvalue weighted by atomic mass is 32.1. The summed E-state index contributed by atoms with van der Waals surface area (Å²) in [5, 5.41) is 16.1. The Morgan fingerprint density at radius 2 is 1.62 bits per heavy atom. The number of thiophene rings is 1. The van der Waals surface area contributed by atoms with E-state index in [1.165, 1.54) is 19.1 Å². The van der Waals surface area contributed by atoms with Crippen molar-refractivity contribution in [2.24, 2.45) is 17.8 Å². The van der Waals surface area contributed by atoms with E-state index in [0.717, 1.165) is 18.8 Å². The molecule has 2 heterocycles. The third kappa shape index (κ3) is 16.3. The topological polar surface area (TPSA) is 158 Å². The molecule has 4 amide bonds. The fourth-order valence-electron chi connectivity index (χ4n) is 5.71. The van der Waals surface area contributed by atoms with Crippen LogP contribution < -0.4 is 10.6 Å². The summed E-state index contributed by atoms with van der Waals surface area (Å²) in [4.78, 5) is 69.5. The first-order valence-corrected chi connectivity index (χ1v) is 19.1. The molecule has 0 spiro atoms. The number of nitrogens with zero attached hydrogens (tertiary/aromatic N) is 3. The standard InChI is InChI=1S/C29H53N5O8.C5H6S.C4H10/c1-11-18(2)25(33(8)23(36)16-31-28(40)29(4,5)32(6)7)21(41-9)15-22(35)34-14-12-13-20(34)26(42-10)19(3)27(39)30-17-24(37)38;1-5-3-2-4-6-5;1-4(2)3/h18-21,25-26H,11-17H2,1-10H3,(H,30,39)(H,31,40)(H,37,38);2-4H,1H3;4H,1-3H3. The average Bonchev–Trinajstić information content (AvgIpc) is 3.77. The van der Waals surface area contributed by atoms with Gasteiger partial charge in [-0.05, 0) is 71.0 Å². The number of carbonyl (C=O) groups excluding carboxylic acids is 4. The summed E-state index contributed by atoms with van der Waals surface area (Å²) < 4.78 is 11.5. The Balaban J connectivity index is 0.00000224. The van der Waals surface area contributed by atoms with Crippen molar-refractivity contribution < 1.29 is 38.6 Å². The lowest BCUT2D eigenvalue weighted by atomic mass is 9.90. The highest BCUT2D eigenvalue weighted by Gasteiger charge is 2.42. The van der Waals surface area contributed by atoms with E-state index >= 15 is 0 Å². The van der Waals surface area contributed by atoms with E-state index in [9.17, 15) is 24.0 Å². The average molecular weight is 756 g/mol. The summed E-state index contributed by atoms with van der Waals surface area (Å²) in [6.07, 6.45) is 0.861. The summed E-state index contributed by atoms with van der Waals surface area (Å²) in [6.45, 7) is 17.6. The molecular weight excluding hydrogens is 687 g/mol.